The van der Waals surface area contributed by atoms with Crippen LogP contribution in [0.4, 0.5) is 0 Å². The number of halogens is 1. The molecule has 2 N–H and O–H groups in total. The van der Waals surface area contributed by atoms with Crippen molar-refractivity contribution in [2.24, 2.45) is 11.1 Å². The van der Waals surface area contributed by atoms with Gasteiger partial charge >= 0.3 is 0 Å². The molecule has 1 aliphatic heterocycles. The average Bonchev–Trinajstić information content (AvgIpc) is 2.96. The zero-order valence-electron chi connectivity index (χ0n) is 13.2. The van der Waals surface area contributed by atoms with Gasteiger partial charge in [0, 0.05) is 28.4 Å². The van der Waals surface area contributed by atoms with Crippen molar-refractivity contribution in [1.29, 1.82) is 0 Å². The predicted molar refractivity (Wildman–Crippen MR) is 98.0 cm³/mol. The Labute approximate surface area is 146 Å². The van der Waals surface area contributed by atoms with Crippen molar-refractivity contribution in [3.63, 3.8) is 0 Å². The maximum atomic E-state index is 12.5. The highest BCUT2D eigenvalue weighted by Gasteiger charge is 2.34. The normalized spacial score (nSPS) is 21.1. The molecule has 1 aliphatic rings. The largest absolute Gasteiger partial charge is 0.341 e. The second-order valence-electron chi connectivity index (χ2n) is 6.46. The lowest BCUT2D eigenvalue weighted by Gasteiger charge is -2.22. The highest BCUT2D eigenvalue weighted by Crippen LogP contribution is 2.34. The van der Waals surface area contributed by atoms with Gasteiger partial charge in [0.15, 0.2) is 0 Å². The van der Waals surface area contributed by atoms with Crippen molar-refractivity contribution >= 4 is 40.0 Å². The molecular weight excluding hydrogens is 328 g/mol. The first kappa shape index (κ1) is 16.6. The second-order valence-corrected chi connectivity index (χ2v) is 7.89. The number of carbonyl (C=O) groups is 1. The summed E-state index contributed by atoms with van der Waals surface area (Å²) in [6, 6.07) is 12.0. The van der Waals surface area contributed by atoms with Crippen molar-refractivity contribution < 1.29 is 4.79 Å². The van der Waals surface area contributed by atoms with Crippen LogP contribution in [0.25, 0.3) is 10.8 Å². The van der Waals surface area contributed by atoms with Gasteiger partial charge in [-0.15, -0.1) is 11.8 Å². The van der Waals surface area contributed by atoms with Crippen LogP contribution in [0, 0.1) is 5.41 Å². The standard InChI is InChI=1S/C18H21ClN2OS/c1-18(11-20)8-9-21(12-18)16(22)10-23-15-7-3-5-13-4-2-6-14(19)17(13)15/h2-7H,8-12,20H2,1H3. The fraction of sp³-hybridized carbons (Fsp3) is 0.389. The molecule has 1 heterocycles. The quantitative estimate of drug-likeness (QED) is 0.855. The smallest absolute Gasteiger partial charge is 0.232 e. The average molecular weight is 349 g/mol. The van der Waals surface area contributed by atoms with Crippen LogP contribution in [-0.2, 0) is 4.79 Å². The van der Waals surface area contributed by atoms with Gasteiger partial charge in [0.1, 0.15) is 0 Å². The third kappa shape index (κ3) is 3.49. The van der Waals surface area contributed by atoms with E-state index in [0.29, 0.717) is 12.3 Å². The van der Waals surface area contributed by atoms with E-state index in [1.54, 1.807) is 11.8 Å². The summed E-state index contributed by atoms with van der Waals surface area (Å²) in [5.74, 6) is 0.613. The van der Waals surface area contributed by atoms with Crippen LogP contribution in [0.5, 0.6) is 0 Å². The third-order valence-electron chi connectivity index (χ3n) is 4.57. The van der Waals surface area contributed by atoms with Gasteiger partial charge in [-0.25, -0.2) is 0 Å². The number of benzene rings is 2. The molecule has 0 saturated carbocycles. The zero-order valence-corrected chi connectivity index (χ0v) is 14.8. The summed E-state index contributed by atoms with van der Waals surface area (Å²) in [7, 11) is 0. The Kier molecular flexibility index (Phi) is 4.85. The maximum Gasteiger partial charge on any atom is 0.232 e. The van der Waals surface area contributed by atoms with E-state index in [4.69, 9.17) is 17.3 Å². The van der Waals surface area contributed by atoms with Crippen LogP contribution < -0.4 is 5.73 Å². The Bertz CT molecular complexity index is 731. The lowest BCUT2D eigenvalue weighted by molar-refractivity contribution is -0.127. The molecule has 1 unspecified atom stereocenters. The molecular formula is C18H21ClN2OS. The first-order valence-corrected chi connectivity index (χ1v) is 9.17. The molecule has 2 aromatic rings. The Morgan fingerprint density at radius 1 is 1.35 bits per heavy atom. The first-order chi connectivity index (χ1) is 11.0. The number of rotatable bonds is 4. The van der Waals surface area contributed by atoms with Crippen molar-refractivity contribution in [2.75, 3.05) is 25.4 Å². The van der Waals surface area contributed by atoms with Gasteiger partial charge in [0.2, 0.25) is 5.91 Å². The second kappa shape index (κ2) is 6.71. The highest BCUT2D eigenvalue weighted by molar-refractivity contribution is 8.00. The monoisotopic (exact) mass is 348 g/mol. The van der Waals surface area contributed by atoms with E-state index in [1.807, 2.05) is 41.3 Å². The molecule has 0 aliphatic carbocycles. The number of hydrogen-bond acceptors (Lipinski definition) is 3. The van der Waals surface area contributed by atoms with E-state index in [0.717, 1.165) is 40.2 Å². The van der Waals surface area contributed by atoms with Gasteiger partial charge in [-0.1, -0.05) is 42.8 Å². The minimum absolute atomic E-state index is 0.0725. The maximum absolute atomic E-state index is 12.5. The van der Waals surface area contributed by atoms with Gasteiger partial charge in [0.05, 0.1) is 5.75 Å². The van der Waals surface area contributed by atoms with Crippen LogP contribution >= 0.6 is 23.4 Å². The Morgan fingerprint density at radius 2 is 2.09 bits per heavy atom. The molecule has 1 atom stereocenters. The van der Waals surface area contributed by atoms with Crippen molar-refractivity contribution in [3.05, 3.63) is 41.4 Å². The van der Waals surface area contributed by atoms with Gasteiger partial charge in [-0.3, -0.25) is 4.79 Å². The van der Waals surface area contributed by atoms with E-state index in [2.05, 4.69) is 6.92 Å². The lowest BCUT2D eigenvalue weighted by Crippen LogP contribution is -2.35. The summed E-state index contributed by atoms with van der Waals surface area (Å²) in [6.07, 6.45) is 0.986. The van der Waals surface area contributed by atoms with E-state index >= 15 is 0 Å². The summed E-state index contributed by atoms with van der Waals surface area (Å²) < 4.78 is 0. The molecule has 2 aromatic carbocycles. The fourth-order valence-electron chi connectivity index (χ4n) is 3.02. The van der Waals surface area contributed by atoms with Crippen LogP contribution in [0.3, 0.4) is 0 Å². The summed E-state index contributed by atoms with van der Waals surface area (Å²) in [5.41, 5.74) is 5.89. The predicted octanol–water partition coefficient (Wildman–Crippen LogP) is 3.78. The molecule has 0 radical (unpaired) electrons. The molecule has 1 fully saturated rings. The molecule has 5 heteroatoms. The van der Waals surface area contributed by atoms with Crippen LogP contribution in [0.15, 0.2) is 41.3 Å². The third-order valence-corrected chi connectivity index (χ3v) is 5.93. The zero-order chi connectivity index (χ0) is 16.4. The van der Waals surface area contributed by atoms with Gasteiger partial charge in [-0.05, 0) is 35.9 Å². The molecule has 1 saturated heterocycles. The van der Waals surface area contributed by atoms with Gasteiger partial charge in [-0.2, -0.15) is 0 Å². The Morgan fingerprint density at radius 3 is 2.78 bits per heavy atom. The van der Waals surface area contributed by atoms with Gasteiger partial charge in [0.25, 0.3) is 0 Å². The molecule has 1 amide bonds. The van der Waals surface area contributed by atoms with E-state index in [-0.39, 0.29) is 11.3 Å². The summed E-state index contributed by atoms with van der Waals surface area (Å²) in [5, 5.41) is 2.87. The van der Waals surface area contributed by atoms with Crippen molar-refractivity contribution in [2.45, 2.75) is 18.2 Å². The highest BCUT2D eigenvalue weighted by atomic mass is 35.5. The van der Waals surface area contributed by atoms with Crippen LogP contribution in [-0.4, -0.2) is 36.2 Å². The number of amides is 1. The molecule has 23 heavy (non-hydrogen) atoms. The van der Waals surface area contributed by atoms with Crippen LogP contribution in [0.2, 0.25) is 5.02 Å². The number of likely N-dealkylation sites (tertiary alicyclic amines) is 1. The number of fused-ring (bicyclic) bond motifs is 1. The summed E-state index contributed by atoms with van der Waals surface area (Å²) in [6.45, 7) is 4.35. The molecule has 122 valence electrons. The van der Waals surface area contributed by atoms with Gasteiger partial charge < -0.3 is 10.6 Å². The Hall–Kier alpha value is -1.23. The lowest BCUT2D eigenvalue weighted by atomic mass is 9.90. The minimum Gasteiger partial charge on any atom is -0.341 e. The van der Waals surface area contributed by atoms with Crippen molar-refractivity contribution in [3.8, 4) is 0 Å². The fourth-order valence-corrected chi connectivity index (χ4v) is 4.36. The van der Waals surface area contributed by atoms with Crippen LogP contribution in [0.1, 0.15) is 13.3 Å². The van der Waals surface area contributed by atoms with E-state index < -0.39 is 0 Å². The Balaban J connectivity index is 1.71. The molecule has 0 spiro atoms. The first-order valence-electron chi connectivity index (χ1n) is 7.80. The SMILES string of the molecule is CC1(CN)CCN(C(=O)CSc2cccc3cccc(Cl)c23)C1. The summed E-state index contributed by atoms with van der Waals surface area (Å²) in [4.78, 5) is 15.5. The van der Waals surface area contributed by atoms with E-state index in [1.165, 1.54) is 0 Å². The number of carbonyl (C=O) groups excluding carboxylic acids is 1. The molecule has 0 bridgehead atoms. The van der Waals surface area contributed by atoms with Crippen molar-refractivity contribution in [1.82, 2.24) is 4.90 Å². The number of hydrogen-bond donors (Lipinski definition) is 1. The molecule has 3 rings (SSSR count). The van der Waals surface area contributed by atoms with E-state index in [9.17, 15) is 4.79 Å². The number of nitrogens with zero attached hydrogens (tertiary/aromatic N) is 1. The number of nitrogens with two attached hydrogens (primary N) is 1. The number of thioether (sulfide) groups is 1. The molecule has 3 nitrogen and oxygen atoms in total. The topological polar surface area (TPSA) is 46.3 Å². The summed E-state index contributed by atoms with van der Waals surface area (Å²) >= 11 is 7.90. The minimum atomic E-state index is 0.0725. The molecule has 0 aromatic heterocycles.